The highest BCUT2D eigenvalue weighted by molar-refractivity contribution is 6.35. The molecule has 2 N–H and O–H groups in total. The van der Waals surface area contributed by atoms with Crippen molar-refractivity contribution in [3.05, 3.63) is 70.4 Å². The highest BCUT2D eigenvalue weighted by Gasteiger charge is 2.36. The zero-order chi connectivity index (χ0) is 28.9. The fourth-order valence-corrected chi connectivity index (χ4v) is 6.93. The van der Waals surface area contributed by atoms with Gasteiger partial charge >= 0.3 is 0 Å². The van der Waals surface area contributed by atoms with Crippen LogP contribution in [-0.4, -0.2) is 56.6 Å². The van der Waals surface area contributed by atoms with Crippen LogP contribution in [0.1, 0.15) is 62.6 Å². The number of fused-ring (bicyclic) bond motifs is 4. The number of carbonyl (C=O) groups excluding carboxylic acids is 2. The Morgan fingerprint density at radius 1 is 1.12 bits per heavy atom. The summed E-state index contributed by atoms with van der Waals surface area (Å²) in [5, 5.41) is 21.6. The predicted molar refractivity (Wildman–Crippen MR) is 162 cm³/mol. The Hall–Kier alpha value is -3.58. The molecule has 6 rings (SSSR count). The Morgan fingerprint density at radius 2 is 1.83 bits per heavy atom. The number of halogens is 1. The second-order valence-electron chi connectivity index (χ2n) is 12.9. The Morgan fingerprint density at radius 3 is 2.54 bits per heavy atom. The average Bonchev–Trinajstić information content (AvgIpc) is 3.39. The number of aromatic nitrogens is 2. The van der Waals surface area contributed by atoms with Crippen LogP contribution in [0.15, 0.2) is 48.7 Å². The first-order chi connectivity index (χ1) is 19.6. The molecule has 3 heterocycles. The van der Waals surface area contributed by atoms with Crippen LogP contribution in [0.3, 0.4) is 0 Å². The first-order valence-electron chi connectivity index (χ1n) is 14.5. The minimum Gasteiger partial charge on any atom is -0.508 e. The molecule has 0 aliphatic carbocycles. The van der Waals surface area contributed by atoms with E-state index in [0.717, 1.165) is 51.2 Å². The summed E-state index contributed by atoms with van der Waals surface area (Å²) >= 11 is 6.59. The molecular weight excluding hydrogens is 536 g/mol. The van der Waals surface area contributed by atoms with Crippen molar-refractivity contribution >= 4 is 45.1 Å². The minimum absolute atomic E-state index is 0.0131. The van der Waals surface area contributed by atoms with Gasteiger partial charge < -0.3 is 14.9 Å². The maximum atomic E-state index is 13.9. The van der Waals surface area contributed by atoms with Gasteiger partial charge in [0.15, 0.2) is 0 Å². The fourth-order valence-electron chi connectivity index (χ4n) is 6.65. The number of piperidine rings is 1. The molecule has 2 aliphatic heterocycles. The van der Waals surface area contributed by atoms with Crippen molar-refractivity contribution in [1.82, 2.24) is 20.0 Å². The van der Waals surface area contributed by atoms with E-state index in [9.17, 15) is 14.7 Å². The van der Waals surface area contributed by atoms with Gasteiger partial charge in [0.2, 0.25) is 11.8 Å². The number of hydrogen-bond donors (Lipinski definition) is 2. The zero-order valence-electron chi connectivity index (χ0n) is 23.9. The molecule has 41 heavy (non-hydrogen) atoms. The Bertz CT molecular complexity index is 1630. The highest BCUT2D eigenvalue weighted by atomic mass is 35.5. The first kappa shape index (κ1) is 27.6. The number of phenols is 1. The lowest BCUT2D eigenvalue weighted by Crippen LogP contribution is -2.43. The molecule has 0 radical (unpaired) electrons. The molecular formula is C33H37ClN4O3. The predicted octanol–water partition coefficient (Wildman–Crippen LogP) is 6.42. The molecule has 2 amide bonds. The lowest BCUT2D eigenvalue weighted by molar-refractivity contribution is -0.142. The summed E-state index contributed by atoms with van der Waals surface area (Å²) in [6, 6.07) is 13.9. The zero-order valence-corrected chi connectivity index (χ0v) is 24.7. The Labute approximate surface area is 245 Å². The SMILES string of the molecule is CC(C)(C)CN1Cc2c(cc(Cl)c3[nH]ncc23)C[C@@H](CC(=O)N2CCC(c3cc4ccccc4cc3O)CC2)C1=O. The van der Waals surface area contributed by atoms with Gasteiger partial charge in [-0.15, -0.1) is 0 Å². The summed E-state index contributed by atoms with van der Waals surface area (Å²) in [6.45, 7) is 8.67. The van der Waals surface area contributed by atoms with Crippen molar-refractivity contribution in [2.24, 2.45) is 11.3 Å². The van der Waals surface area contributed by atoms with Crippen molar-refractivity contribution in [2.75, 3.05) is 19.6 Å². The van der Waals surface area contributed by atoms with Crippen molar-refractivity contribution in [3.8, 4) is 5.75 Å². The van der Waals surface area contributed by atoms with E-state index in [-0.39, 0.29) is 29.6 Å². The highest BCUT2D eigenvalue weighted by Crippen LogP contribution is 2.38. The molecule has 1 fully saturated rings. The summed E-state index contributed by atoms with van der Waals surface area (Å²) < 4.78 is 0. The van der Waals surface area contributed by atoms with Gasteiger partial charge in [0, 0.05) is 38.0 Å². The third kappa shape index (κ3) is 5.52. The number of carbonyl (C=O) groups is 2. The van der Waals surface area contributed by atoms with Gasteiger partial charge in [-0.2, -0.15) is 5.10 Å². The van der Waals surface area contributed by atoms with Crippen molar-refractivity contribution in [3.63, 3.8) is 0 Å². The van der Waals surface area contributed by atoms with Crippen molar-refractivity contribution < 1.29 is 14.7 Å². The third-order valence-corrected chi connectivity index (χ3v) is 8.93. The molecule has 1 saturated heterocycles. The number of benzene rings is 3. The van der Waals surface area contributed by atoms with Crippen molar-refractivity contribution in [2.45, 2.75) is 58.9 Å². The first-order valence-corrected chi connectivity index (χ1v) is 14.9. The summed E-state index contributed by atoms with van der Waals surface area (Å²) in [7, 11) is 0. The molecule has 0 saturated carbocycles. The number of H-pyrrole nitrogens is 1. The van der Waals surface area contributed by atoms with E-state index in [4.69, 9.17) is 11.6 Å². The van der Waals surface area contributed by atoms with Gasteiger partial charge in [0.1, 0.15) is 5.75 Å². The minimum atomic E-state index is -0.450. The summed E-state index contributed by atoms with van der Waals surface area (Å²) in [5.74, 6) is 0.0959. The molecule has 8 heteroatoms. The monoisotopic (exact) mass is 572 g/mol. The van der Waals surface area contributed by atoms with Crippen LogP contribution < -0.4 is 0 Å². The molecule has 214 valence electrons. The largest absolute Gasteiger partial charge is 0.508 e. The standard InChI is InChI=1S/C33H37ClN4O3/c1-33(2,3)19-38-18-27-23(14-28(34)31-26(27)17-35-36-31)12-24(32(38)41)16-30(40)37-10-8-20(9-11-37)25-13-21-6-4-5-7-22(21)15-29(25)39/h4-7,13-15,17,20,24,39H,8-12,16,18-19H2,1-3H3,(H,35,36)/t24-/m0/s1. The fraction of sp³-hybridized carbons (Fsp3) is 0.424. The van der Waals surface area contributed by atoms with Gasteiger partial charge in [-0.1, -0.05) is 56.6 Å². The maximum absolute atomic E-state index is 13.9. The average molecular weight is 573 g/mol. The van der Waals surface area contributed by atoms with E-state index in [1.165, 1.54) is 0 Å². The smallest absolute Gasteiger partial charge is 0.226 e. The van der Waals surface area contributed by atoms with E-state index >= 15 is 0 Å². The van der Waals surface area contributed by atoms with Crippen LogP contribution in [0.25, 0.3) is 21.7 Å². The number of amides is 2. The van der Waals surface area contributed by atoms with Crippen LogP contribution in [0.5, 0.6) is 5.75 Å². The number of rotatable bonds is 4. The molecule has 0 spiro atoms. The van der Waals surface area contributed by atoms with E-state index in [0.29, 0.717) is 43.4 Å². The van der Waals surface area contributed by atoms with Crippen LogP contribution >= 0.6 is 11.6 Å². The number of nitrogens with zero attached hydrogens (tertiary/aromatic N) is 3. The molecule has 0 bridgehead atoms. The second-order valence-corrected chi connectivity index (χ2v) is 13.3. The third-order valence-electron chi connectivity index (χ3n) is 8.64. The number of nitrogens with one attached hydrogen (secondary N) is 1. The number of phenolic OH excluding ortho intramolecular Hbond substituents is 1. The summed E-state index contributed by atoms with van der Waals surface area (Å²) in [4.78, 5) is 31.3. The second kappa shape index (κ2) is 10.7. The van der Waals surface area contributed by atoms with E-state index < -0.39 is 5.92 Å². The quantitative estimate of drug-likeness (QED) is 0.295. The lowest BCUT2D eigenvalue weighted by atomic mass is 9.87. The molecule has 1 aromatic heterocycles. The number of aromatic amines is 1. The van der Waals surface area contributed by atoms with Crippen LogP contribution in [0.2, 0.25) is 5.02 Å². The van der Waals surface area contributed by atoms with Gasteiger partial charge in [0.05, 0.1) is 22.7 Å². The van der Waals surface area contributed by atoms with Gasteiger partial charge in [-0.25, -0.2) is 0 Å². The van der Waals surface area contributed by atoms with Crippen molar-refractivity contribution in [1.29, 1.82) is 0 Å². The molecule has 7 nitrogen and oxygen atoms in total. The van der Waals surface area contributed by atoms with Gasteiger partial charge in [-0.05, 0) is 76.3 Å². The molecule has 2 aliphatic rings. The van der Waals surface area contributed by atoms with Gasteiger partial charge in [-0.3, -0.25) is 14.7 Å². The van der Waals surface area contributed by atoms with E-state index in [1.54, 1.807) is 6.20 Å². The normalized spacial score (nSPS) is 18.6. The van der Waals surface area contributed by atoms with E-state index in [2.05, 4.69) is 43.1 Å². The summed E-state index contributed by atoms with van der Waals surface area (Å²) in [6.07, 6.45) is 3.99. The van der Waals surface area contributed by atoms with E-state index in [1.807, 2.05) is 40.1 Å². The summed E-state index contributed by atoms with van der Waals surface area (Å²) in [5.41, 5.74) is 3.71. The molecule has 1 atom stereocenters. The topological polar surface area (TPSA) is 89.5 Å². The van der Waals surface area contributed by atoms with Crippen LogP contribution in [0.4, 0.5) is 0 Å². The van der Waals surface area contributed by atoms with Gasteiger partial charge in [0.25, 0.3) is 0 Å². The lowest BCUT2D eigenvalue weighted by Gasteiger charge is -2.34. The number of aromatic hydroxyl groups is 1. The molecule has 4 aromatic rings. The number of hydrogen-bond acceptors (Lipinski definition) is 4. The van der Waals surface area contributed by atoms with Crippen LogP contribution in [0, 0.1) is 11.3 Å². The van der Waals surface area contributed by atoms with Crippen LogP contribution in [-0.2, 0) is 22.6 Å². The number of likely N-dealkylation sites (tertiary alicyclic amines) is 1. The Balaban J connectivity index is 1.20. The molecule has 0 unspecified atom stereocenters. The molecule has 3 aromatic carbocycles. The maximum Gasteiger partial charge on any atom is 0.226 e. The Kier molecular flexibility index (Phi) is 7.18.